The Morgan fingerprint density at radius 1 is 0.946 bits per heavy atom. The summed E-state index contributed by atoms with van der Waals surface area (Å²) in [6.07, 6.45) is -2.27. The summed E-state index contributed by atoms with van der Waals surface area (Å²) in [6, 6.07) is 16.0. The highest BCUT2D eigenvalue weighted by molar-refractivity contribution is 5.85. The van der Waals surface area contributed by atoms with Crippen molar-refractivity contribution in [1.29, 1.82) is 0 Å². The maximum atomic E-state index is 13.6. The predicted octanol–water partition coefficient (Wildman–Crippen LogP) is 6.02. The number of pyridine rings is 1. The molecule has 192 valence electrons. The first kappa shape index (κ1) is 26.1. The molecule has 4 rings (SSSR count). The molecule has 2 aromatic carbocycles. The van der Waals surface area contributed by atoms with Crippen molar-refractivity contribution < 1.29 is 23.0 Å². The van der Waals surface area contributed by atoms with Crippen molar-refractivity contribution >= 4 is 5.95 Å². The summed E-state index contributed by atoms with van der Waals surface area (Å²) in [5.41, 5.74) is 8.36. The lowest BCUT2D eigenvalue weighted by molar-refractivity contribution is 0.0786. The molecule has 0 saturated heterocycles. The molecule has 0 aliphatic rings. The molecule has 37 heavy (non-hydrogen) atoms. The summed E-state index contributed by atoms with van der Waals surface area (Å²) in [4.78, 5) is 12.5. The van der Waals surface area contributed by atoms with Crippen molar-refractivity contribution in [2.75, 3.05) is 12.3 Å². The van der Waals surface area contributed by atoms with Crippen molar-refractivity contribution in [3.05, 3.63) is 89.0 Å². The average Bonchev–Trinajstić information content (AvgIpc) is 2.83. The number of nitrogens with zero attached hydrogens (tertiary/aromatic N) is 3. The van der Waals surface area contributed by atoms with Gasteiger partial charge in [-0.05, 0) is 73.9 Å². The Hall–Kier alpha value is -3.98. The predicted molar refractivity (Wildman–Crippen MR) is 136 cm³/mol. The van der Waals surface area contributed by atoms with Crippen molar-refractivity contribution in [1.82, 2.24) is 15.0 Å². The van der Waals surface area contributed by atoms with Crippen LogP contribution in [0, 0.1) is 12.7 Å². The highest BCUT2D eigenvalue weighted by atomic mass is 19.3. The minimum atomic E-state index is -2.78. The number of halogens is 3. The number of benzene rings is 2. The van der Waals surface area contributed by atoms with Gasteiger partial charge in [-0.1, -0.05) is 24.3 Å². The third-order valence-corrected chi connectivity index (χ3v) is 5.79. The smallest absolute Gasteiger partial charge is 0.280 e. The van der Waals surface area contributed by atoms with Crippen LogP contribution in [0.5, 0.6) is 5.88 Å². The van der Waals surface area contributed by atoms with Gasteiger partial charge in [-0.25, -0.2) is 18.2 Å². The molecule has 0 unspecified atom stereocenters. The second-order valence-electron chi connectivity index (χ2n) is 9.19. The molecule has 4 aromatic rings. The monoisotopic (exact) mass is 508 g/mol. The molecular weight excluding hydrogens is 481 g/mol. The number of nitrogens with two attached hydrogens (primary N) is 1. The second kappa shape index (κ2) is 10.6. The number of aliphatic hydroxyl groups is 1. The van der Waals surface area contributed by atoms with E-state index in [1.807, 2.05) is 24.3 Å². The fraction of sp³-hybridized carbons (Fsp3) is 0.250. The van der Waals surface area contributed by atoms with E-state index in [1.54, 1.807) is 26.8 Å². The third-order valence-electron chi connectivity index (χ3n) is 5.79. The molecular formula is C28H27F3N4O2. The van der Waals surface area contributed by atoms with Gasteiger partial charge < -0.3 is 15.6 Å². The van der Waals surface area contributed by atoms with Crippen LogP contribution in [0.2, 0.25) is 0 Å². The molecule has 0 radical (unpaired) electrons. The zero-order chi connectivity index (χ0) is 26.7. The molecule has 0 spiro atoms. The zero-order valence-electron chi connectivity index (χ0n) is 20.7. The number of anilines is 1. The minimum Gasteiger partial charge on any atom is -0.477 e. The van der Waals surface area contributed by atoms with E-state index in [0.29, 0.717) is 34.5 Å². The number of ether oxygens (including phenoxy) is 1. The number of alkyl halides is 2. The summed E-state index contributed by atoms with van der Waals surface area (Å²) in [7, 11) is 0. The first-order chi connectivity index (χ1) is 17.5. The molecule has 0 fully saturated rings. The number of hydrogen-bond acceptors (Lipinski definition) is 6. The van der Waals surface area contributed by atoms with Crippen LogP contribution < -0.4 is 10.5 Å². The SMILES string of the molecule is Cc1cc(-c2c(OCCc3ccc(C(C)(C)O)cc3)nc(N)nc2-c2ccc(F)cc2)cc(C(F)F)n1. The number of nitrogen functional groups attached to an aromatic ring is 1. The Labute approximate surface area is 213 Å². The van der Waals surface area contributed by atoms with Gasteiger partial charge in [0, 0.05) is 17.7 Å². The summed E-state index contributed by atoms with van der Waals surface area (Å²) < 4.78 is 46.8. The van der Waals surface area contributed by atoms with Crippen LogP contribution in [0.25, 0.3) is 22.4 Å². The lowest BCUT2D eigenvalue weighted by Gasteiger charge is -2.18. The van der Waals surface area contributed by atoms with Crippen molar-refractivity contribution in [3.63, 3.8) is 0 Å². The number of aromatic nitrogens is 3. The van der Waals surface area contributed by atoms with Crippen LogP contribution in [-0.2, 0) is 12.0 Å². The Morgan fingerprint density at radius 3 is 2.24 bits per heavy atom. The maximum absolute atomic E-state index is 13.6. The molecule has 0 amide bonds. The van der Waals surface area contributed by atoms with Crippen LogP contribution in [0.3, 0.4) is 0 Å². The Bertz CT molecular complexity index is 1390. The highest BCUT2D eigenvalue weighted by Crippen LogP contribution is 2.39. The van der Waals surface area contributed by atoms with E-state index in [1.165, 1.54) is 30.3 Å². The van der Waals surface area contributed by atoms with Gasteiger partial charge in [0.1, 0.15) is 11.5 Å². The average molecular weight is 509 g/mol. The van der Waals surface area contributed by atoms with Gasteiger partial charge in [-0.2, -0.15) is 4.98 Å². The largest absolute Gasteiger partial charge is 0.477 e. The van der Waals surface area contributed by atoms with Crippen molar-refractivity contribution in [2.24, 2.45) is 0 Å². The molecule has 2 aromatic heterocycles. The number of rotatable bonds is 8. The molecule has 0 bridgehead atoms. The van der Waals surface area contributed by atoms with Gasteiger partial charge in [0.2, 0.25) is 11.8 Å². The molecule has 6 nitrogen and oxygen atoms in total. The molecule has 0 saturated carbocycles. The lowest BCUT2D eigenvalue weighted by Crippen LogP contribution is -2.15. The lowest BCUT2D eigenvalue weighted by atomic mass is 9.97. The van der Waals surface area contributed by atoms with Crippen LogP contribution in [0.4, 0.5) is 19.1 Å². The summed E-state index contributed by atoms with van der Waals surface area (Å²) in [5, 5.41) is 10.2. The zero-order valence-corrected chi connectivity index (χ0v) is 20.7. The Morgan fingerprint density at radius 2 is 1.62 bits per heavy atom. The van der Waals surface area contributed by atoms with Crippen LogP contribution in [0.1, 0.15) is 42.8 Å². The molecule has 0 aliphatic heterocycles. The van der Waals surface area contributed by atoms with Crippen LogP contribution in [0.15, 0.2) is 60.7 Å². The summed E-state index contributed by atoms with van der Waals surface area (Å²) in [6.45, 7) is 5.25. The van der Waals surface area contributed by atoms with Gasteiger partial charge in [-0.15, -0.1) is 0 Å². The Kier molecular flexibility index (Phi) is 7.45. The van der Waals surface area contributed by atoms with E-state index in [9.17, 15) is 18.3 Å². The normalized spacial score (nSPS) is 11.7. The minimum absolute atomic E-state index is 0.0764. The summed E-state index contributed by atoms with van der Waals surface area (Å²) >= 11 is 0. The van der Waals surface area contributed by atoms with E-state index in [0.717, 1.165) is 11.1 Å². The first-order valence-electron chi connectivity index (χ1n) is 11.7. The van der Waals surface area contributed by atoms with Gasteiger partial charge in [-0.3, -0.25) is 4.98 Å². The van der Waals surface area contributed by atoms with E-state index >= 15 is 0 Å². The van der Waals surface area contributed by atoms with Crippen LogP contribution >= 0.6 is 0 Å². The number of aryl methyl sites for hydroxylation is 1. The first-order valence-corrected chi connectivity index (χ1v) is 11.7. The second-order valence-corrected chi connectivity index (χ2v) is 9.19. The molecule has 2 heterocycles. The maximum Gasteiger partial charge on any atom is 0.280 e. The number of hydrogen-bond donors (Lipinski definition) is 2. The Balaban J connectivity index is 1.73. The van der Waals surface area contributed by atoms with Gasteiger partial charge in [0.15, 0.2) is 0 Å². The van der Waals surface area contributed by atoms with Gasteiger partial charge in [0.25, 0.3) is 6.43 Å². The van der Waals surface area contributed by atoms with Crippen molar-refractivity contribution in [2.45, 2.75) is 39.2 Å². The summed E-state index contributed by atoms with van der Waals surface area (Å²) in [5.74, 6) is -0.391. The molecule has 9 heteroatoms. The van der Waals surface area contributed by atoms with Gasteiger partial charge >= 0.3 is 0 Å². The fourth-order valence-electron chi connectivity index (χ4n) is 3.93. The van der Waals surface area contributed by atoms with E-state index in [2.05, 4.69) is 15.0 Å². The van der Waals surface area contributed by atoms with E-state index in [-0.39, 0.29) is 18.4 Å². The van der Waals surface area contributed by atoms with E-state index < -0.39 is 23.5 Å². The quantitative estimate of drug-likeness (QED) is 0.302. The van der Waals surface area contributed by atoms with E-state index in [4.69, 9.17) is 10.5 Å². The molecule has 3 N–H and O–H groups in total. The molecule has 0 aliphatic carbocycles. The standard InChI is InChI=1S/C28H27F3N4O2/c1-16-14-19(15-22(33-16)25(30)31)23-24(18-6-10-21(29)11-7-18)34-27(32)35-26(23)37-13-12-17-4-8-20(9-5-17)28(2,3)36/h4-11,14-15,25,36H,12-13H2,1-3H3,(H2,32,34,35). The van der Waals surface area contributed by atoms with Crippen LogP contribution in [-0.4, -0.2) is 26.7 Å². The van der Waals surface area contributed by atoms with Gasteiger partial charge in [0.05, 0.1) is 23.5 Å². The third kappa shape index (κ3) is 6.24. The topological polar surface area (TPSA) is 94.2 Å². The molecule has 0 atom stereocenters. The highest BCUT2D eigenvalue weighted by Gasteiger charge is 2.22. The fourth-order valence-corrected chi connectivity index (χ4v) is 3.93. The van der Waals surface area contributed by atoms with Crippen molar-refractivity contribution in [3.8, 4) is 28.3 Å².